The minimum Gasteiger partial charge on any atom is -0.468 e. The zero-order valence-corrected chi connectivity index (χ0v) is 18.0. The van der Waals surface area contributed by atoms with Gasteiger partial charge in [0.1, 0.15) is 5.76 Å². The first-order chi connectivity index (χ1) is 15.2. The van der Waals surface area contributed by atoms with Gasteiger partial charge in [-0.3, -0.25) is 15.0 Å². The molecule has 0 radical (unpaired) electrons. The molecule has 0 saturated carbocycles. The Hall–Kier alpha value is -3.09. The van der Waals surface area contributed by atoms with E-state index in [4.69, 9.17) is 4.42 Å². The molecule has 6 heteroatoms. The lowest BCUT2D eigenvalue weighted by molar-refractivity contribution is -0.115. The average molecular weight is 419 g/mol. The van der Waals surface area contributed by atoms with Crippen molar-refractivity contribution in [3.63, 3.8) is 0 Å². The predicted octanol–water partition coefficient (Wildman–Crippen LogP) is 3.89. The van der Waals surface area contributed by atoms with Crippen LogP contribution in [0.5, 0.6) is 0 Å². The fourth-order valence-electron chi connectivity index (χ4n) is 3.85. The number of nitrogens with zero attached hydrogens (tertiary/aromatic N) is 2. The highest BCUT2D eigenvalue weighted by molar-refractivity contribution is 5.92. The summed E-state index contributed by atoms with van der Waals surface area (Å²) in [7, 11) is 0. The zero-order valence-electron chi connectivity index (χ0n) is 18.0. The van der Waals surface area contributed by atoms with Crippen molar-refractivity contribution in [3.05, 3.63) is 84.3 Å². The van der Waals surface area contributed by atoms with Crippen LogP contribution in [0.2, 0.25) is 0 Å². The minimum atomic E-state index is -0.0688. The summed E-state index contributed by atoms with van der Waals surface area (Å²) in [5.41, 5.74) is 3.37. The van der Waals surface area contributed by atoms with Gasteiger partial charge in [0.05, 0.1) is 18.8 Å². The lowest BCUT2D eigenvalue weighted by atomic mass is 10.2. The predicted molar refractivity (Wildman–Crippen MR) is 124 cm³/mol. The van der Waals surface area contributed by atoms with E-state index in [9.17, 15) is 4.79 Å². The molecular formula is C25H30N4O2. The van der Waals surface area contributed by atoms with Crippen LogP contribution in [0.3, 0.4) is 0 Å². The monoisotopic (exact) mass is 418 g/mol. The van der Waals surface area contributed by atoms with E-state index in [1.807, 2.05) is 31.2 Å². The molecule has 1 aliphatic heterocycles. The first-order valence-corrected chi connectivity index (χ1v) is 10.9. The van der Waals surface area contributed by atoms with E-state index in [1.165, 1.54) is 11.3 Å². The Balaban J connectivity index is 1.21. The van der Waals surface area contributed by atoms with Gasteiger partial charge >= 0.3 is 0 Å². The number of carbonyl (C=O) groups is 1. The summed E-state index contributed by atoms with van der Waals surface area (Å²) in [6, 6.07) is 22.5. The summed E-state index contributed by atoms with van der Waals surface area (Å²) in [5, 5.41) is 6.12. The summed E-state index contributed by atoms with van der Waals surface area (Å²) in [4.78, 5) is 17.1. The Morgan fingerprint density at radius 2 is 1.71 bits per heavy atom. The molecule has 1 atom stereocenters. The molecule has 1 saturated heterocycles. The molecule has 2 N–H and O–H groups in total. The summed E-state index contributed by atoms with van der Waals surface area (Å²) in [6.07, 6.45) is 1.64. The lowest BCUT2D eigenvalue weighted by Gasteiger charge is -2.36. The molecular weight excluding hydrogens is 388 g/mol. The van der Waals surface area contributed by atoms with Crippen molar-refractivity contribution in [3.8, 4) is 0 Å². The summed E-state index contributed by atoms with van der Waals surface area (Å²) in [6.45, 7) is 7.32. The average Bonchev–Trinajstić information content (AvgIpc) is 3.35. The molecule has 1 fully saturated rings. The third-order valence-corrected chi connectivity index (χ3v) is 5.68. The molecule has 4 rings (SSSR count). The Bertz CT molecular complexity index is 933. The van der Waals surface area contributed by atoms with Gasteiger partial charge in [0, 0.05) is 44.1 Å². The van der Waals surface area contributed by atoms with Gasteiger partial charge in [0.15, 0.2) is 0 Å². The number of hydrogen-bond acceptors (Lipinski definition) is 5. The number of anilines is 2. The van der Waals surface area contributed by atoms with Crippen LogP contribution in [0.25, 0.3) is 0 Å². The van der Waals surface area contributed by atoms with Crippen molar-refractivity contribution in [1.82, 2.24) is 10.2 Å². The van der Waals surface area contributed by atoms with E-state index in [0.717, 1.165) is 44.2 Å². The maximum Gasteiger partial charge on any atom is 0.238 e. The number of benzene rings is 2. The van der Waals surface area contributed by atoms with Crippen molar-refractivity contribution in [1.29, 1.82) is 0 Å². The van der Waals surface area contributed by atoms with Gasteiger partial charge in [-0.2, -0.15) is 0 Å². The molecule has 1 aliphatic rings. The van der Waals surface area contributed by atoms with Gasteiger partial charge < -0.3 is 14.6 Å². The number of amides is 1. The molecule has 0 aliphatic carbocycles. The summed E-state index contributed by atoms with van der Waals surface area (Å²) in [5.74, 6) is 0.752. The second-order valence-corrected chi connectivity index (χ2v) is 7.96. The van der Waals surface area contributed by atoms with Crippen LogP contribution in [0.4, 0.5) is 11.4 Å². The van der Waals surface area contributed by atoms with Gasteiger partial charge in [-0.05, 0) is 48.9 Å². The maximum atomic E-state index is 12.2. The number of nitrogens with one attached hydrogen (secondary N) is 2. The molecule has 3 aromatic rings. The van der Waals surface area contributed by atoms with Gasteiger partial charge in [-0.15, -0.1) is 0 Å². The molecule has 2 aromatic carbocycles. The smallest absolute Gasteiger partial charge is 0.238 e. The highest BCUT2D eigenvalue weighted by Gasteiger charge is 2.17. The number of hydrogen-bond donors (Lipinski definition) is 2. The number of carbonyl (C=O) groups excluding carboxylic acids is 1. The third-order valence-electron chi connectivity index (χ3n) is 5.68. The first kappa shape index (κ1) is 21.2. The Morgan fingerprint density at radius 3 is 2.39 bits per heavy atom. The first-order valence-electron chi connectivity index (χ1n) is 10.9. The lowest BCUT2D eigenvalue weighted by Crippen LogP contribution is -2.45. The highest BCUT2D eigenvalue weighted by atomic mass is 16.3. The maximum absolute atomic E-state index is 12.2. The second kappa shape index (κ2) is 10.3. The van der Waals surface area contributed by atoms with Gasteiger partial charge in [0.25, 0.3) is 0 Å². The standard InChI is InChI=1S/C25H30N4O2/c1-20(24-8-5-17-31-24)26-18-25(30)27-22-9-11-23(12-10-22)29-15-13-28(14-16-29)19-21-6-3-2-4-7-21/h2-12,17,20,26H,13-16,18-19H2,1H3,(H,27,30)/t20-/m0/s1. The Kier molecular flexibility index (Phi) is 7.02. The molecule has 1 amide bonds. The van der Waals surface area contributed by atoms with Crippen LogP contribution in [0.15, 0.2) is 77.4 Å². The van der Waals surface area contributed by atoms with Crippen molar-refractivity contribution in [2.24, 2.45) is 0 Å². The van der Waals surface area contributed by atoms with Crippen LogP contribution >= 0.6 is 0 Å². The molecule has 31 heavy (non-hydrogen) atoms. The quantitative estimate of drug-likeness (QED) is 0.581. The van der Waals surface area contributed by atoms with Crippen molar-refractivity contribution in [2.45, 2.75) is 19.5 Å². The van der Waals surface area contributed by atoms with E-state index in [2.05, 4.69) is 62.9 Å². The molecule has 2 heterocycles. The number of rotatable bonds is 8. The Labute approximate surface area is 183 Å². The Morgan fingerprint density at radius 1 is 0.968 bits per heavy atom. The summed E-state index contributed by atoms with van der Waals surface area (Å²) >= 11 is 0. The normalized spacial score (nSPS) is 15.6. The molecule has 0 bridgehead atoms. The van der Waals surface area contributed by atoms with Gasteiger partial charge in [0.2, 0.25) is 5.91 Å². The van der Waals surface area contributed by atoms with Crippen LogP contribution in [0, 0.1) is 0 Å². The largest absolute Gasteiger partial charge is 0.468 e. The van der Waals surface area contributed by atoms with Crippen LogP contribution < -0.4 is 15.5 Å². The van der Waals surface area contributed by atoms with E-state index in [0.29, 0.717) is 0 Å². The number of furan rings is 1. The highest BCUT2D eigenvalue weighted by Crippen LogP contribution is 2.20. The van der Waals surface area contributed by atoms with Crippen molar-refractivity contribution in [2.75, 3.05) is 42.9 Å². The molecule has 0 unspecified atom stereocenters. The molecule has 162 valence electrons. The molecule has 6 nitrogen and oxygen atoms in total. The second-order valence-electron chi connectivity index (χ2n) is 7.96. The number of piperazine rings is 1. The topological polar surface area (TPSA) is 60.8 Å². The fourth-order valence-corrected chi connectivity index (χ4v) is 3.85. The van der Waals surface area contributed by atoms with E-state index < -0.39 is 0 Å². The van der Waals surface area contributed by atoms with Gasteiger partial charge in [-0.25, -0.2) is 0 Å². The fraction of sp³-hybridized carbons (Fsp3) is 0.320. The third kappa shape index (κ3) is 5.96. The van der Waals surface area contributed by atoms with Crippen LogP contribution in [0.1, 0.15) is 24.3 Å². The summed E-state index contributed by atoms with van der Waals surface area (Å²) < 4.78 is 5.35. The zero-order chi connectivity index (χ0) is 21.5. The molecule has 1 aromatic heterocycles. The van der Waals surface area contributed by atoms with Crippen molar-refractivity contribution < 1.29 is 9.21 Å². The van der Waals surface area contributed by atoms with Crippen LogP contribution in [-0.2, 0) is 11.3 Å². The van der Waals surface area contributed by atoms with Gasteiger partial charge in [-0.1, -0.05) is 30.3 Å². The van der Waals surface area contributed by atoms with E-state index in [-0.39, 0.29) is 18.5 Å². The molecule has 0 spiro atoms. The van der Waals surface area contributed by atoms with E-state index in [1.54, 1.807) is 6.26 Å². The van der Waals surface area contributed by atoms with Crippen LogP contribution in [-0.4, -0.2) is 43.5 Å². The van der Waals surface area contributed by atoms with E-state index >= 15 is 0 Å². The minimum absolute atomic E-state index is 0.0105. The van der Waals surface area contributed by atoms with Crippen molar-refractivity contribution >= 4 is 17.3 Å². The SMILES string of the molecule is C[C@H](NCC(=O)Nc1ccc(N2CCN(Cc3ccccc3)CC2)cc1)c1ccco1.